The molecule has 0 N–H and O–H groups in total. The van der Waals surface area contributed by atoms with Gasteiger partial charge in [0.25, 0.3) is 10.1 Å². The summed E-state index contributed by atoms with van der Waals surface area (Å²) in [5.41, 5.74) is 1.30. The first-order valence-corrected chi connectivity index (χ1v) is 10.4. The molecule has 0 aliphatic heterocycles. The number of rotatable bonds is 7. The number of ether oxygens (including phenoxy) is 1. The molecule has 0 unspecified atom stereocenters. The Kier molecular flexibility index (Phi) is 4.35. The van der Waals surface area contributed by atoms with Gasteiger partial charge in [0.05, 0.1) is 16.9 Å². The molecule has 0 amide bonds. The Morgan fingerprint density at radius 2 is 1.63 bits per heavy atom. The van der Waals surface area contributed by atoms with E-state index in [4.69, 9.17) is 8.92 Å². The van der Waals surface area contributed by atoms with E-state index in [0.717, 1.165) is 11.1 Å². The second-order valence-electron chi connectivity index (χ2n) is 7.90. The second kappa shape index (κ2) is 6.46. The van der Waals surface area contributed by atoms with Gasteiger partial charge in [-0.1, -0.05) is 48.0 Å². The predicted molar refractivity (Wildman–Crippen MR) is 99.3 cm³/mol. The van der Waals surface area contributed by atoms with Crippen molar-refractivity contribution in [3.05, 3.63) is 65.7 Å². The fraction of sp³-hybridized carbons (Fsp3) is 0.381. The average Bonchev–Trinajstić information content (AvgIpc) is 2.59. The van der Waals surface area contributed by atoms with Crippen molar-refractivity contribution in [1.82, 2.24) is 0 Å². The zero-order valence-corrected chi connectivity index (χ0v) is 16.0. The van der Waals surface area contributed by atoms with Crippen LogP contribution in [-0.2, 0) is 30.4 Å². The van der Waals surface area contributed by atoms with Crippen LogP contribution in [0.4, 0.5) is 0 Å². The van der Waals surface area contributed by atoms with Gasteiger partial charge in [0, 0.05) is 0 Å². The van der Waals surface area contributed by atoms with Crippen molar-refractivity contribution in [3.8, 4) is 0 Å². The van der Waals surface area contributed by atoms with E-state index in [-0.39, 0.29) is 29.5 Å². The normalized spacial score (nSPS) is 26.0. The Bertz CT molecular complexity index is 928. The van der Waals surface area contributed by atoms with E-state index in [1.165, 1.54) is 0 Å². The quantitative estimate of drug-likeness (QED) is 0.537. The molecule has 5 nitrogen and oxygen atoms in total. The third-order valence-corrected chi connectivity index (χ3v) is 6.89. The molecule has 2 bridgehead atoms. The van der Waals surface area contributed by atoms with Crippen molar-refractivity contribution < 1.29 is 22.1 Å². The van der Waals surface area contributed by atoms with Crippen LogP contribution in [0.3, 0.4) is 0 Å². The summed E-state index contributed by atoms with van der Waals surface area (Å²) in [5.74, 6) is -0.186. The summed E-state index contributed by atoms with van der Waals surface area (Å²) in [6.07, 6.45) is 1.91. The molecule has 6 heteroatoms. The van der Waals surface area contributed by atoms with Gasteiger partial charge < -0.3 is 4.74 Å². The van der Waals surface area contributed by atoms with E-state index in [1.807, 2.05) is 37.3 Å². The molecule has 142 valence electrons. The molecule has 2 aromatic carbocycles. The van der Waals surface area contributed by atoms with Crippen molar-refractivity contribution in [2.45, 2.75) is 37.7 Å². The maximum atomic E-state index is 12.4. The van der Waals surface area contributed by atoms with Crippen molar-refractivity contribution in [1.29, 1.82) is 0 Å². The highest BCUT2D eigenvalue weighted by Crippen LogP contribution is 2.73. The first-order valence-electron chi connectivity index (χ1n) is 9.00. The average molecular weight is 386 g/mol. The van der Waals surface area contributed by atoms with E-state index in [1.54, 1.807) is 24.3 Å². The van der Waals surface area contributed by atoms with Gasteiger partial charge in [0.15, 0.2) is 0 Å². The van der Waals surface area contributed by atoms with Crippen molar-refractivity contribution >= 4 is 16.1 Å². The Hall–Kier alpha value is -2.18. The maximum absolute atomic E-state index is 12.4. The number of carbonyl (C=O) groups is 1. The first kappa shape index (κ1) is 18.2. The van der Waals surface area contributed by atoms with Gasteiger partial charge in [-0.3, -0.25) is 8.98 Å². The minimum Gasteiger partial charge on any atom is -0.460 e. The van der Waals surface area contributed by atoms with Gasteiger partial charge in [-0.15, -0.1) is 0 Å². The lowest BCUT2D eigenvalue weighted by Crippen LogP contribution is -2.67. The molecule has 0 radical (unpaired) electrons. The van der Waals surface area contributed by atoms with Crippen LogP contribution in [0.25, 0.3) is 0 Å². The minimum atomic E-state index is -3.76. The lowest BCUT2D eigenvalue weighted by atomic mass is 9.35. The van der Waals surface area contributed by atoms with Gasteiger partial charge in [0.1, 0.15) is 6.61 Å². The number of hydrogen-bond acceptors (Lipinski definition) is 5. The standard InChI is InChI=1S/C21H22O5S/c1-16-7-9-18(10-8-16)27(23,24)26-15-20-12-21(13-20,14-20)19(22)25-11-17-5-3-2-4-6-17/h2-10H,11-15H2,1H3. The molecule has 0 saturated heterocycles. The van der Waals surface area contributed by atoms with E-state index in [2.05, 4.69) is 0 Å². The summed E-state index contributed by atoms with van der Waals surface area (Å²) in [6, 6.07) is 16.2. The predicted octanol–water partition coefficient (Wildman–Crippen LogP) is 3.61. The molecule has 0 heterocycles. The van der Waals surface area contributed by atoms with Crippen LogP contribution in [0.5, 0.6) is 0 Å². The summed E-state index contributed by atoms with van der Waals surface area (Å²) < 4.78 is 35.3. The van der Waals surface area contributed by atoms with Gasteiger partial charge in [-0.2, -0.15) is 8.42 Å². The molecule has 0 atom stereocenters. The minimum absolute atomic E-state index is 0.122. The molecule has 3 saturated carbocycles. The number of hydrogen-bond donors (Lipinski definition) is 0. The molecular formula is C21H22O5S. The summed E-state index contributed by atoms with van der Waals surface area (Å²) in [5, 5.41) is 0. The molecule has 27 heavy (non-hydrogen) atoms. The monoisotopic (exact) mass is 386 g/mol. The zero-order chi connectivity index (χ0) is 19.1. The van der Waals surface area contributed by atoms with Crippen molar-refractivity contribution in [2.75, 3.05) is 6.61 Å². The third-order valence-electron chi connectivity index (χ3n) is 5.62. The van der Waals surface area contributed by atoms with Crippen LogP contribution in [-0.4, -0.2) is 21.0 Å². The topological polar surface area (TPSA) is 69.7 Å². The van der Waals surface area contributed by atoms with E-state index < -0.39 is 15.5 Å². The largest absolute Gasteiger partial charge is 0.460 e. The van der Waals surface area contributed by atoms with Gasteiger partial charge >= 0.3 is 5.97 Å². The third kappa shape index (κ3) is 3.39. The molecule has 3 aliphatic carbocycles. The van der Waals surface area contributed by atoms with Gasteiger partial charge in [-0.25, -0.2) is 0 Å². The van der Waals surface area contributed by atoms with E-state index in [0.29, 0.717) is 19.3 Å². The van der Waals surface area contributed by atoms with Crippen LogP contribution in [0, 0.1) is 17.8 Å². The van der Waals surface area contributed by atoms with Crippen LogP contribution in [0.1, 0.15) is 30.4 Å². The van der Waals surface area contributed by atoms with Crippen LogP contribution in [0.2, 0.25) is 0 Å². The van der Waals surface area contributed by atoms with Crippen LogP contribution < -0.4 is 0 Å². The Morgan fingerprint density at radius 3 is 2.26 bits per heavy atom. The van der Waals surface area contributed by atoms with Gasteiger partial charge in [-0.05, 0) is 49.3 Å². The number of carbonyl (C=O) groups excluding carboxylic acids is 1. The number of benzene rings is 2. The molecular weight excluding hydrogens is 364 g/mol. The van der Waals surface area contributed by atoms with Crippen molar-refractivity contribution in [2.24, 2.45) is 10.8 Å². The SMILES string of the molecule is Cc1ccc(S(=O)(=O)OCC23CC(C(=O)OCc4ccccc4)(C2)C3)cc1. The molecule has 2 aromatic rings. The van der Waals surface area contributed by atoms with Crippen LogP contribution in [0.15, 0.2) is 59.5 Å². The van der Waals surface area contributed by atoms with E-state index in [9.17, 15) is 13.2 Å². The Morgan fingerprint density at radius 1 is 1.00 bits per heavy atom. The zero-order valence-electron chi connectivity index (χ0n) is 15.2. The summed E-state index contributed by atoms with van der Waals surface area (Å²) in [4.78, 5) is 12.5. The highest BCUT2D eigenvalue weighted by atomic mass is 32.2. The number of esters is 1. The molecule has 3 aliphatic rings. The van der Waals surface area contributed by atoms with Gasteiger partial charge in [0.2, 0.25) is 0 Å². The summed E-state index contributed by atoms with van der Waals surface area (Å²) >= 11 is 0. The lowest BCUT2D eigenvalue weighted by molar-refractivity contribution is -0.236. The van der Waals surface area contributed by atoms with Crippen LogP contribution >= 0.6 is 0 Å². The highest BCUT2D eigenvalue weighted by Gasteiger charge is 2.72. The smallest absolute Gasteiger partial charge is 0.312 e. The maximum Gasteiger partial charge on any atom is 0.312 e. The molecule has 3 fully saturated rings. The highest BCUT2D eigenvalue weighted by molar-refractivity contribution is 7.86. The molecule has 0 spiro atoms. The Balaban J connectivity index is 1.28. The summed E-state index contributed by atoms with van der Waals surface area (Å²) in [6.45, 7) is 2.29. The fourth-order valence-corrected chi connectivity index (χ4v) is 5.23. The fourth-order valence-electron chi connectivity index (χ4n) is 4.22. The van der Waals surface area contributed by atoms with E-state index >= 15 is 0 Å². The van der Waals surface area contributed by atoms with Crippen molar-refractivity contribution in [3.63, 3.8) is 0 Å². The second-order valence-corrected chi connectivity index (χ2v) is 9.52. The molecule has 5 rings (SSSR count). The number of aryl methyl sites for hydroxylation is 1. The summed E-state index contributed by atoms with van der Waals surface area (Å²) in [7, 11) is -3.76. The molecule has 0 aromatic heterocycles. The first-order chi connectivity index (χ1) is 12.8. The lowest BCUT2D eigenvalue weighted by Gasteiger charge is -2.68. The Labute approximate surface area is 159 Å².